The number of rotatable bonds is 7. The van der Waals surface area contributed by atoms with Gasteiger partial charge in [0.25, 0.3) is 0 Å². The van der Waals surface area contributed by atoms with Crippen LogP contribution in [0, 0.1) is 3.57 Å². The molecular weight excluding hydrogens is 431 g/mol. The van der Waals surface area contributed by atoms with Gasteiger partial charge in [0.2, 0.25) is 0 Å². The predicted molar refractivity (Wildman–Crippen MR) is 96.5 cm³/mol. The van der Waals surface area contributed by atoms with Crippen molar-refractivity contribution in [3.05, 3.63) is 46.2 Å². The summed E-state index contributed by atoms with van der Waals surface area (Å²) in [7, 11) is -3.38. The number of halogens is 1. The quantitative estimate of drug-likeness (QED) is 0.630. The van der Waals surface area contributed by atoms with Gasteiger partial charge in [0.05, 0.1) is 0 Å². The van der Waals surface area contributed by atoms with Gasteiger partial charge in [-0.2, -0.15) is 0 Å². The lowest BCUT2D eigenvalue weighted by atomic mass is 10.3. The van der Waals surface area contributed by atoms with E-state index < -0.39 is 15.9 Å². The van der Waals surface area contributed by atoms with E-state index in [0.29, 0.717) is 5.75 Å². The van der Waals surface area contributed by atoms with E-state index in [0.717, 1.165) is 9.83 Å². The molecule has 0 radical (unpaired) electrons. The summed E-state index contributed by atoms with van der Waals surface area (Å²) in [5, 5.41) is 12.8. The monoisotopic (exact) mass is 448 g/mol. The normalized spacial score (nSPS) is 12.7. The van der Waals surface area contributed by atoms with E-state index in [-0.39, 0.29) is 23.9 Å². The van der Waals surface area contributed by atoms with Crippen molar-refractivity contribution >= 4 is 38.2 Å². The Bertz CT molecular complexity index is 750. The minimum absolute atomic E-state index is 0.0919. The molecule has 0 saturated carbocycles. The lowest BCUT2D eigenvalue weighted by Crippen LogP contribution is -2.27. The highest BCUT2D eigenvalue weighted by molar-refractivity contribution is 14.1. The van der Waals surface area contributed by atoms with Crippen LogP contribution in [0.5, 0.6) is 5.75 Å². The van der Waals surface area contributed by atoms with E-state index in [1.165, 1.54) is 12.3 Å². The van der Waals surface area contributed by atoms with Gasteiger partial charge in [-0.05, 0) is 59.0 Å². The van der Waals surface area contributed by atoms with Crippen LogP contribution in [-0.4, -0.2) is 44.0 Å². The first kappa shape index (κ1) is 18.0. The molecule has 0 aliphatic carbocycles. The van der Waals surface area contributed by atoms with Crippen LogP contribution < -0.4 is 10.1 Å². The molecule has 6 nitrogen and oxygen atoms in total. The average molecular weight is 448 g/mol. The summed E-state index contributed by atoms with van der Waals surface area (Å²) in [5.41, 5.74) is 0. The Labute approximate surface area is 149 Å². The van der Waals surface area contributed by atoms with Crippen molar-refractivity contribution < 1.29 is 18.3 Å². The van der Waals surface area contributed by atoms with Crippen LogP contribution in [0.3, 0.4) is 0 Å². The van der Waals surface area contributed by atoms with E-state index in [9.17, 15) is 13.5 Å². The Balaban J connectivity index is 1.90. The molecule has 2 rings (SSSR count). The van der Waals surface area contributed by atoms with Crippen LogP contribution in [0.1, 0.15) is 0 Å². The lowest BCUT2D eigenvalue weighted by molar-refractivity contribution is 0.117. The van der Waals surface area contributed by atoms with Gasteiger partial charge in [-0.25, -0.2) is 13.4 Å². The fraction of sp³-hybridized carbons (Fsp3) is 0.267. The minimum atomic E-state index is -3.38. The third kappa shape index (κ3) is 5.63. The number of nitrogens with zero attached hydrogens (tertiary/aromatic N) is 1. The molecule has 0 fully saturated rings. The highest BCUT2D eigenvalue weighted by Crippen LogP contribution is 2.18. The Morgan fingerprint density at radius 2 is 2.00 bits per heavy atom. The van der Waals surface area contributed by atoms with Crippen molar-refractivity contribution in [1.29, 1.82) is 0 Å². The molecule has 0 amide bonds. The van der Waals surface area contributed by atoms with Crippen LogP contribution >= 0.6 is 22.6 Å². The fourth-order valence-corrected chi connectivity index (χ4v) is 2.98. The average Bonchev–Trinajstić information content (AvgIpc) is 2.52. The van der Waals surface area contributed by atoms with Crippen molar-refractivity contribution in [2.45, 2.75) is 11.0 Å². The highest BCUT2D eigenvalue weighted by atomic mass is 127. The molecule has 8 heteroatoms. The molecule has 0 saturated heterocycles. The van der Waals surface area contributed by atoms with Crippen molar-refractivity contribution in [3.8, 4) is 5.75 Å². The molecule has 1 aromatic carbocycles. The molecule has 1 heterocycles. The summed E-state index contributed by atoms with van der Waals surface area (Å²) in [6, 6.07) is 10.5. The number of nitrogens with one attached hydrogen (secondary N) is 1. The second-order valence-corrected chi connectivity index (χ2v) is 8.15. The summed E-state index contributed by atoms with van der Waals surface area (Å²) < 4.78 is 29.9. The molecule has 0 bridgehead atoms. The van der Waals surface area contributed by atoms with Gasteiger partial charge in [-0.3, -0.25) is 0 Å². The number of sulfone groups is 1. The number of benzene rings is 1. The van der Waals surface area contributed by atoms with Gasteiger partial charge in [0.1, 0.15) is 29.2 Å². The summed E-state index contributed by atoms with van der Waals surface area (Å²) >= 11 is 2.20. The maximum absolute atomic E-state index is 11.7. The highest BCUT2D eigenvalue weighted by Gasteiger charge is 2.15. The van der Waals surface area contributed by atoms with E-state index in [4.69, 9.17) is 4.74 Å². The number of aromatic nitrogens is 1. The van der Waals surface area contributed by atoms with Crippen LogP contribution in [0.25, 0.3) is 0 Å². The van der Waals surface area contributed by atoms with Crippen molar-refractivity contribution in [3.63, 3.8) is 0 Å². The number of pyridine rings is 1. The fourth-order valence-electron chi connectivity index (χ4n) is 1.82. The number of hydrogen-bond acceptors (Lipinski definition) is 6. The third-order valence-corrected chi connectivity index (χ3v) is 4.78. The van der Waals surface area contributed by atoms with E-state index >= 15 is 0 Å². The molecule has 23 heavy (non-hydrogen) atoms. The number of ether oxygens (including phenoxy) is 1. The molecule has 2 N–H and O–H groups in total. The van der Waals surface area contributed by atoms with Crippen LogP contribution in [0.2, 0.25) is 0 Å². The van der Waals surface area contributed by atoms with Crippen LogP contribution in [0.15, 0.2) is 47.5 Å². The van der Waals surface area contributed by atoms with Crippen LogP contribution in [-0.2, 0) is 9.84 Å². The Morgan fingerprint density at radius 1 is 1.30 bits per heavy atom. The molecule has 1 aromatic heterocycles. The summed E-state index contributed by atoms with van der Waals surface area (Å²) in [5.74, 6) is 0.891. The molecule has 124 valence electrons. The standard InChI is InChI=1S/C15H17IN2O4S/c1-23(20,21)14-3-2-8-17-15(14)18-9-12(19)10-22-13-6-4-11(16)5-7-13/h2-8,12,19H,9-10H2,1H3,(H,17,18). The maximum atomic E-state index is 11.7. The molecule has 0 spiro atoms. The third-order valence-electron chi connectivity index (χ3n) is 2.93. The molecule has 1 unspecified atom stereocenters. The Hall–Kier alpha value is -1.39. The number of anilines is 1. The first-order chi connectivity index (χ1) is 10.9. The number of aliphatic hydroxyl groups excluding tert-OH is 1. The van der Waals surface area contributed by atoms with Crippen molar-refractivity contribution in [2.24, 2.45) is 0 Å². The second kappa shape index (κ2) is 7.93. The Morgan fingerprint density at radius 3 is 2.65 bits per heavy atom. The van der Waals surface area contributed by atoms with Gasteiger partial charge in [0, 0.05) is 22.6 Å². The van der Waals surface area contributed by atoms with Gasteiger partial charge in [-0.15, -0.1) is 0 Å². The van der Waals surface area contributed by atoms with Gasteiger partial charge in [-0.1, -0.05) is 0 Å². The zero-order chi connectivity index (χ0) is 16.9. The van der Waals surface area contributed by atoms with Crippen LogP contribution in [0.4, 0.5) is 5.82 Å². The summed E-state index contributed by atoms with van der Waals surface area (Å²) in [6.07, 6.45) is 1.81. The van der Waals surface area contributed by atoms with Gasteiger partial charge in [0.15, 0.2) is 9.84 Å². The number of aliphatic hydroxyl groups is 1. The molecular formula is C15H17IN2O4S. The zero-order valence-electron chi connectivity index (χ0n) is 12.4. The zero-order valence-corrected chi connectivity index (χ0v) is 15.4. The topological polar surface area (TPSA) is 88.5 Å². The summed E-state index contributed by atoms with van der Waals surface area (Å²) in [4.78, 5) is 4.10. The Kier molecular flexibility index (Phi) is 6.19. The van der Waals surface area contributed by atoms with Gasteiger partial charge >= 0.3 is 0 Å². The lowest BCUT2D eigenvalue weighted by Gasteiger charge is -2.15. The van der Waals surface area contributed by atoms with Crippen molar-refractivity contribution in [1.82, 2.24) is 4.98 Å². The first-order valence-corrected chi connectivity index (χ1v) is 9.78. The molecule has 0 aliphatic heterocycles. The predicted octanol–water partition coefficient (Wildman–Crippen LogP) is 1.94. The van der Waals surface area contributed by atoms with E-state index in [2.05, 4.69) is 32.9 Å². The van der Waals surface area contributed by atoms with Crippen molar-refractivity contribution in [2.75, 3.05) is 24.7 Å². The number of hydrogen-bond donors (Lipinski definition) is 2. The summed E-state index contributed by atoms with van der Waals surface area (Å²) in [6.45, 7) is 0.221. The smallest absolute Gasteiger partial charge is 0.179 e. The van der Waals surface area contributed by atoms with Gasteiger partial charge < -0.3 is 15.2 Å². The second-order valence-electron chi connectivity index (χ2n) is 4.92. The largest absolute Gasteiger partial charge is 0.491 e. The van der Waals surface area contributed by atoms with E-state index in [1.807, 2.05) is 24.3 Å². The minimum Gasteiger partial charge on any atom is -0.491 e. The van der Waals surface area contributed by atoms with E-state index in [1.54, 1.807) is 6.07 Å². The SMILES string of the molecule is CS(=O)(=O)c1cccnc1NCC(O)COc1ccc(I)cc1. The molecule has 2 aromatic rings. The first-order valence-electron chi connectivity index (χ1n) is 6.81. The molecule has 0 aliphatic rings. The molecule has 1 atom stereocenters. The maximum Gasteiger partial charge on any atom is 0.179 e.